The summed E-state index contributed by atoms with van der Waals surface area (Å²) in [6.07, 6.45) is 11.1. The maximum atomic E-state index is 12.0. The molecule has 0 radical (unpaired) electrons. The molecule has 2 amide bonds. The molecule has 0 aliphatic heterocycles. The molecule has 6 heteroatoms. The molecule has 126 valence electrons. The highest BCUT2D eigenvalue weighted by Gasteiger charge is 2.15. The SMILES string of the molecule is O=C(Nc1ccc(NCc2ccncc2)cn1)NC1CCCCC1. The van der Waals surface area contributed by atoms with Crippen molar-refractivity contribution in [3.05, 3.63) is 48.4 Å². The van der Waals surface area contributed by atoms with Gasteiger partial charge in [-0.05, 0) is 42.7 Å². The first-order valence-corrected chi connectivity index (χ1v) is 8.46. The Balaban J connectivity index is 1.46. The van der Waals surface area contributed by atoms with Gasteiger partial charge < -0.3 is 10.6 Å². The van der Waals surface area contributed by atoms with E-state index in [0.717, 1.165) is 24.1 Å². The van der Waals surface area contributed by atoms with Crippen LogP contribution in [0.2, 0.25) is 0 Å². The number of pyridine rings is 2. The molecule has 1 fully saturated rings. The van der Waals surface area contributed by atoms with E-state index in [4.69, 9.17) is 0 Å². The number of urea groups is 1. The summed E-state index contributed by atoms with van der Waals surface area (Å²) in [7, 11) is 0. The Hall–Kier alpha value is -2.63. The number of hydrogen-bond donors (Lipinski definition) is 3. The molecule has 0 atom stereocenters. The number of carbonyl (C=O) groups is 1. The van der Waals surface area contributed by atoms with Crippen LogP contribution in [0.25, 0.3) is 0 Å². The summed E-state index contributed by atoms with van der Waals surface area (Å²) < 4.78 is 0. The van der Waals surface area contributed by atoms with Gasteiger partial charge in [0.1, 0.15) is 5.82 Å². The fourth-order valence-corrected chi connectivity index (χ4v) is 2.86. The van der Waals surface area contributed by atoms with Gasteiger partial charge in [0.2, 0.25) is 0 Å². The average Bonchev–Trinajstić information content (AvgIpc) is 2.63. The molecule has 2 aromatic rings. The molecule has 2 aromatic heterocycles. The monoisotopic (exact) mass is 325 g/mol. The van der Waals surface area contributed by atoms with Crippen LogP contribution in [0.1, 0.15) is 37.7 Å². The molecule has 1 aliphatic carbocycles. The Morgan fingerprint density at radius 1 is 1.08 bits per heavy atom. The zero-order chi connectivity index (χ0) is 16.6. The number of carbonyl (C=O) groups excluding carboxylic acids is 1. The second kappa shape index (κ2) is 8.29. The topological polar surface area (TPSA) is 78.9 Å². The van der Waals surface area contributed by atoms with Crippen LogP contribution in [0.4, 0.5) is 16.3 Å². The Kier molecular flexibility index (Phi) is 5.61. The number of rotatable bonds is 5. The van der Waals surface area contributed by atoms with Crippen molar-refractivity contribution in [1.82, 2.24) is 15.3 Å². The normalized spacial score (nSPS) is 14.8. The minimum absolute atomic E-state index is 0.174. The van der Waals surface area contributed by atoms with Crippen LogP contribution in [0.5, 0.6) is 0 Å². The highest BCUT2D eigenvalue weighted by molar-refractivity contribution is 5.88. The molecule has 3 N–H and O–H groups in total. The average molecular weight is 325 g/mol. The minimum Gasteiger partial charge on any atom is -0.380 e. The highest BCUT2D eigenvalue weighted by Crippen LogP contribution is 2.17. The van der Waals surface area contributed by atoms with Gasteiger partial charge in [-0.15, -0.1) is 0 Å². The lowest BCUT2D eigenvalue weighted by Crippen LogP contribution is -2.39. The van der Waals surface area contributed by atoms with Crippen LogP contribution in [0, 0.1) is 0 Å². The van der Waals surface area contributed by atoms with Gasteiger partial charge in [0.15, 0.2) is 0 Å². The second-order valence-electron chi connectivity index (χ2n) is 6.07. The summed E-state index contributed by atoms with van der Waals surface area (Å²) in [6.45, 7) is 0.707. The van der Waals surface area contributed by atoms with Crippen molar-refractivity contribution in [2.75, 3.05) is 10.6 Å². The molecule has 0 bridgehead atoms. The maximum absolute atomic E-state index is 12.0. The summed E-state index contributed by atoms with van der Waals surface area (Å²) in [5, 5.41) is 9.10. The van der Waals surface area contributed by atoms with E-state index in [1.54, 1.807) is 24.7 Å². The molecule has 24 heavy (non-hydrogen) atoms. The van der Waals surface area contributed by atoms with E-state index >= 15 is 0 Å². The van der Waals surface area contributed by atoms with Gasteiger partial charge in [-0.3, -0.25) is 10.3 Å². The van der Waals surface area contributed by atoms with Gasteiger partial charge in [0.05, 0.1) is 11.9 Å². The zero-order valence-electron chi connectivity index (χ0n) is 13.7. The van der Waals surface area contributed by atoms with Crippen LogP contribution >= 0.6 is 0 Å². The second-order valence-corrected chi connectivity index (χ2v) is 6.07. The number of aromatic nitrogens is 2. The molecule has 6 nitrogen and oxygen atoms in total. The summed E-state index contributed by atoms with van der Waals surface area (Å²) in [5.74, 6) is 0.553. The lowest BCUT2D eigenvalue weighted by Gasteiger charge is -2.22. The number of nitrogens with zero attached hydrogens (tertiary/aromatic N) is 2. The van der Waals surface area contributed by atoms with Crippen LogP contribution in [-0.4, -0.2) is 22.0 Å². The molecule has 0 aromatic carbocycles. The van der Waals surface area contributed by atoms with Gasteiger partial charge in [0, 0.05) is 25.0 Å². The quantitative estimate of drug-likeness (QED) is 0.785. The molecular weight excluding hydrogens is 302 g/mol. The third kappa shape index (κ3) is 4.94. The van der Waals surface area contributed by atoms with Crippen LogP contribution in [-0.2, 0) is 6.54 Å². The third-order valence-electron chi connectivity index (χ3n) is 4.19. The van der Waals surface area contributed by atoms with Gasteiger partial charge in [0.25, 0.3) is 0 Å². The van der Waals surface area contributed by atoms with E-state index in [0.29, 0.717) is 18.4 Å². The molecule has 1 saturated carbocycles. The van der Waals surface area contributed by atoms with Crippen molar-refractivity contribution >= 4 is 17.5 Å². The molecule has 1 aliphatic rings. The standard InChI is InChI=1S/C18H23N5O/c24-18(22-15-4-2-1-3-5-15)23-17-7-6-16(13-21-17)20-12-14-8-10-19-11-9-14/h6-11,13,15,20H,1-5,12H2,(H2,21,22,23,24). The summed E-state index contributed by atoms with van der Waals surface area (Å²) in [5.41, 5.74) is 2.06. The Morgan fingerprint density at radius 3 is 2.58 bits per heavy atom. The van der Waals surface area contributed by atoms with Crippen molar-refractivity contribution in [3.8, 4) is 0 Å². The Bertz CT molecular complexity index is 638. The first-order chi connectivity index (χ1) is 11.8. The van der Waals surface area contributed by atoms with E-state index in [2.05, 4.69) is 25.9 Å². The van der Waals surface area contributed by atoms with E-state index in [1.807, 2.05) is 18.2 Å². The first-order valence-electron chi connectivity index (χ1n) is 8.46. The summed E-state index contributed by atoms with van der Waals surface area (Å²) in [4.78, 5) is 20.3. The Morgan fingerprint density at radius 2 is 1.88 bits per heavy atom. The van der Waals surface area contributed by atoms with Crippen molar-refractivity contribution in [1.29, 1.82) is 0 Å². The molecular formula is C18H23N5O. The largest absolute Gasteiger partial charge is 0.380 e. The minimum atomic E-state index is -0.174. The lowest BCUT2D eigenvalue weighted by molar-refractivity contribution is 0.244. The fraction of sp³-hybridized carbons (Fsp3) is 0.389. The van der Waals surface area contributed by atoms with Gasteiger partial charge in [-0.1, -0.05) is 19.3 Å². The maximum Gasteiger partial charge on any atom is 0.320 e. The highest BCUT2D eigenvalue weighted by atomic mass is 16.2. The van der Waals surface area contributed by atoms with E-state index in [-0.39, 0.29) is 6.03 Å². The predicted octanol–water partition coefficient (Wildman–Crippen LogP) is 3.54. The van der Waals surface area contributed by atoms with Gasteiger partial charge >= 0.3 is 6.03 Å². The molecule has 0 unspecified atom stereocenters. The number of anilines is 2. The summed E-state index contributed by atoms with van der Waals surface area (Å²) in [6, 6.07) is 7.75. The Labute approximate surface area is 142 Å². The molecule has 2 heterocycles. The van der Waals surface area contributed by atoms with Crippen molar-refractivity contribution in [2.45, 2.75) is 44.7 Å². The predicted molar refractivity (Wildman–Crippen MR) is 94.8 cm³/mol. The zero-order valence-corrected chi connectivity index (χ0v) is 13.7. The van der Waals surface area contributed by atoms with E-state index in [1.165, 1.54) is 19.3 Å². The van der Waals surface area contributed by atoms with Crippen molar-refractivity contribution in [2.24, 2.45) is 0 Å². The van der Waals surface area contributed by atoms with E-state index < -0.39 is 0 Å². The van der Waals surface area contributed by atoms with Gasteiger partial charge in [-0.2, -0.15) is 0 Å². The van der Waals surface area contributed by atoms with Crippen molar-refractivity contribution < 1.29 is 4.79 Å². The van der Waals surface area contributed by atoms with E-state index in [9.17, 15) is 4.79 Å². The lowest BCUT2D eigenvalue weighted by atomic mass is 9.96. The molecule has 3 rings (SSSR count). The first kappa shape index (κ1) is 16.2. The number of amides is 2. The van der Waals surface area contributed by atoms with Crippen LogP contribution < -0.4 is 16.0 Å². The van der Waals surface area contributed by atoms with Crippen LogP contribution in [0.15, 0.2) is 42.9 Å². The van der Waals surface area contributed by atoms with Crippen molar-refractivity contribution in [3.63, 3.8) is 0 Å². The van der Waals surface area contributed by atoms with Crippen LogP contribution in [0.3, 0.4) is 0 Å². The molecule has 0 spiro atoms. The number of hydrogen-bond acceptors (Lipinski definition) is 4. The molecule has 0 saturated heterocycles. The van der Waals surface area contributed by atoms with Gasteiger partial charge in [-0.25, -0.2) is 9.78 Å². The fourth-order valence-electron chi connectivity index (χ4n) is 2.86. The smallest absolute Gasteiger partial charge is 0.320 e. The summed E-state index contributed by atoms with van der Waals surface area (Å²) >= 11 is 0. The number of nitrogens with one attached hydrogen (secondary N) is 3. The third-order valence-corrected chi connectivity index (χ3v) is 4.19.